The monoisotopic (exact) mass is 439 g/mol. The van der Waals surface area contributed by atoms with Gasteiger partial charge in [-0.25, -0.2) is 4.39 Å². The molecule has 3 atom stereocenters. The van der Waals surface area contributed by atoms with Crippen molar-refractivity contribution in [3.63, 3.8) is 0 Å². The van der Waals surface area contributed by atoms with Crippen molar-refractivity contribution in [1.82, 2.24) is 5.32 Å². The molecule has 0 aliphatic carbocycles. The average molecular weight is 440 g/mol. The van der Waals surface area contributed by atoms with Crippen molar-refractivity contribution in [2.24, 2.45) is 11.8 Å². The Bertz CT molecular complexity index is 859. The topological polar surface area (TPSA) is 12.0 Å². The summed E-state index contributed by atoms with van der Waals surface area (Å²) in [7, 11) is 0. The lowest BCUT2D eigenvalue weighted by atomic mass is 9.84. The van der Waals surface area contributed by atoms with Gasteiger partial charge in [-0.05, 0) is 66.3 Å². The molecule has 1 nitrogen and oxygen atoms in total. The molecule has 1 fully saturated rings. The second-order valence-corrected chi connectivity index (χ2v) is 7.69. The van der Waals surface area contributed by atoms with Gasteiger partial charge in [-0.15, -0.1) is 0 Å². The standard InChI is InChI=1S/C20H17ClF7N/c1-10-13(4-11-2-3-16(22)8-17(11)21)9-29-18(10)12-5-14(19(23,24)25)7-15(6-12)20(26,27)28/h2-3,5-8,10,13,18,29H,4,9H2,1H3/t10-,13?,18+/m0/s1. The lowest BCUT2D eigenvalue weighted by Gasteiger charge is -2.23. The molecule has 0 radical (unpaired) electrons. The minimum atomic E-state index is -4.89. The Labute approximate surface area is 167 Å². The highest BCUT2D eigenvalue weighted by Gasteiger charge is 2.40. The third kappa shape index (κ3) is 4.86. The molecule has 2 aromatic carbocycles. The molecule has 158 valence electrons. The van der Waals surface area contributed by atoms with Crippen molar-refractivity contribution in [3.8, 4) is 0 Å². The van der Waals surface area contributed by atoms with Crippen LogP contribution in [0.5, 0.6) is 0 Å². The van der Waals surface area contributed by atoms with Crippen LogP contribution < -0.4 is 5.32 Å². The van der Waals surface area contributed by atoms with Crippen LogP contribution in [0.3, 0.4) is 0 Å². The summed E-state index contributed by atoms with van der Waals surface area (Å²) < 4.78 is 92.0. The molecular weight excluding hydrogens is 423 g/mol. The smallest absolute Gasteiger partial charge is 0.309 e. The van der Waals surface area contributed by atoms with Gasteiger partial charge in [0.2, 0.25) is 0 Å². The largest absolute Gasteiger partial charge is 0.416 e. The molecule has 2 aromatic rings. The summed E-state index contributed by atoms with van der Waals surface area (Å²) in [6, 6.07) is 4.93. The van der Waals surface area contributed by atoms with E-state index in [1.807, 2.05) is 0 Å². The van der Waals surface area contributed by atoms with E-state index in [2.05, 4.69) is 5.32 Å². The molecule has 0 amide bonds. The molecule has 1 N–H and O–H groups in total. The van der Waals surface area contributed by atoms with E-state index < -0.39 is 35.3 Å². The van der Waals surface area contributed by atoms with Crippen LogP contribution in [0, 0.1) is 17.7 Å². The predicted molar refractivity (Wildman–Crippen MR) is 95.0 cm³/mol. The Kier molecular flexibility index (Phi) is 5.89. The second kappa shape index (κ2) is 7.80. The summed E-state index contributed by atoms with van der Waals surface area (Å²) in [5, 5.41) is 3.26. The third-order valence-electron chi connectivity index (χ3n) is 5.34. The number of hydrogen-bond acceptors (Lipinski definition) is 1. The minimum Gasteiger partial charge on any atom is -0.309 e. The molecule has 1 heterocycles. The van der Waals surface area contributed by atoms with Crippen LogP contribution in [-0.4, -0.2) is 6.54 Å². The summed E-state index contributed by atoms with van der Waals surface area (Å²) in [6.45, 7) is 2.15. The van der Waals surface area contributed by atoms with E-state index in [0.717, 1.165) is 12.1 Å². The lowest BCUT2D eigenvalue weighted by molar-refractivity contribution is -0.143. The Morgan fingerprint density at radius 1 is 0.966 bits per heavy atom. The maximum atomic E-state index is 13.2. The quantitative estimate of drug-likeness (QED) is 0.527. The van der Waals surface area contributed by atoms with E-state index in [4.69, 9.17) is 11.6 Å². The molecule has 9 heteroatoms. The first kappa shape index (κ1) is 21.9. The number of nitrogens with one attached hydrogen (secondary N) is 1. The van der Waals surface area contributed by atoms with E-state index in [-0.39, 0.29) is 28.5 Å². The molecule has 1 aliphatic rings. The van der Waals surface area contributed by atoms with Crippen LogP contribution in [-0.2, 0) is 18.8 Å². The van der Waals surface area contributed by atoms with Gasteiger partial charge in [-0.3, -0.25) is 0 Å². The van der Waals surface area contributed by atoms with Crippen LogP contribution >= 0.6 is 11.6 Å². The molecule has 0 saturated carbocycles. The molecular formula is C20H17ClF7N. The fourth-order valence-corrected chi connectivity index (χ4v) is 3.97. The Hall–Kier alpha value is -1.80. The van der Waals surface area contributed by atoms with E-state index in [0.29, 0.717) is 18.5 Å². The lowest BCUT2D eigenvalue weighted by Crippen LogP contribution is -2.19. The number of hydrogen-bond donors (Lipinski definition) is 1. The first-order chi connectivity index (χ1) is 13.4. The van der Waals surface area contributed by atoms with Crippen LogP contribution in [0.2, 0.25) is 5.02 Å². The van der Waals surface area contributed by atoms with Crippen molar-refractivity contribution >= 4 is 11.6 Å². The van der Waals surface area contributed by atoms with Crippen LogP contribution in [0.4, 0.5) is 30.7 Å². The first-order valence-corrected chi connectivity index (χ1v) is 9.20. The van der Waals surface area contributed by atoms with Crippen molar-refractivity contribution in [2.75, 3.05) is 6.54 Å². The minimum absolute atomic E-state index is 0.0626. The molecule has 3 rings (SSSR count). The Balaban J connectivity index is 1.89. The van der Waals surface area contributed by atoms with E-state index >= 15 is 0 Å². The van der Waals surface area contributed by atoms with Crippen LogP contribution in [0.25, 0.3) is 0 Å². The van der Waals surface area contributed by atoms with Gasteiger partial charge in [0.1, 0.15) is 5.82 Å². The van der Waals surface area contributed by atoms with E-state index in [1.165, 1.54) is 18.2 Å². The van der Waals surface area contributed by atoms with Crippen molar-refractivity contribution in [3.05, 3.63) is 69.5 Å². The van der Waals surface area contributed by atoms with Gasteiger partial charge in [0.15, 0.2) is 0 Å². The van der Waals surface area contributed by atoms with Crippen LogP contribution in [0.15, 0.2) is 36.4 Å². The molecule has 1 unspecified atom stereocenters. The molecule has 29 heavy (non-hydrogen) atoms. The fourth-order valence-electron chi connectivity index (χ4n) is 3.73. The summed E-state index contributed by atoms with van der Waals surface area (Å²) >= 11 is 6.04. The number of alkyl halides is 6. The summed E-state index contributed by atoms with van der Waals surface area (Å²) in [6.07, 6.45) is -9.35. The fraction of sp³-hybridized carbons (Fsp3) is 0.400. The highest BCUT2D eigenvalue weighted by atomic mass is 35.5. The Morgan fingerprint density at radius 2 is 1.55 bits per heavy atom. The number of rotatable bonds is 3. The van der Waals surface area contributed by atoms with Gasteiger partial charge in [0.05, 0.1) is 11.1 Å². The van der Waals surface area contributed by atoms with E-state index in [9.17, 15) is 30.7 Å². The number of halogens is 8. The Morgan fingerprint density at radius 3 is 2.07 bits per heavy atom. The van der Waals surface area contributed by atoms with Gasteiger partial charge >= 0.3 is 12.4 Å². The van der Waals surface area contributed by atoms with Gasteiger partial charge < -0.3 is 5.32 Å². The second-order valence-electron chi connectivity index (χ2n) is 7.28. The highest BCUT2D eigenvalue weighted by molar-refractivity contribution is 6.31. The summed E-state index contributed by atoms with van der Waals surface area (Å²) in [5.74, 6) is -0.842. The summed E-state index contributed by atoms with van der Waals surface area (Å²) in [5.41, 5.74) is -2.05. The summed E-state index contributed by atoms with van der Waals surface area (Å²) in [4.78, 5) is 0. The number of benzene rings is 2. The predicted octanol–water partition coefficient (Wildman–Crippen LogP) is 6.66. The van der Waals surface area contributed by atoms with Crippen molar-refractivity contribution in [2.45, 2.75) is 31.7 Å². The molecule has 0 spiro atoms. The zero-order chi connectivity index (χ0) is 21.6. The SMILES string of the molecule is C[C@H]1C(Cc2ccc(F)cc2Cl)CN[C@H]1c1cc(C(F)(F)F)cc(C(F)(F)F)c1. The molecule has 0 aromatic heterocycles. The molecule has 1 aliphatic heterocycles. The van der Waals surface area contributed by atoms with E-state index in [1.54, 1.807) is 6.92 Å². The van der Waals surface area contributed by atoms with Crippen molar-refractivity contribution < 1.29 is 30.7 Å². The van der Waals surface area contributed by atoms with Gasteiger partial charge in [-0.1, -0.05) is 24.6 Å². The van der Waals surface area contributed by atoms with Crippen LogP contribution in [0.1, 0.15) is 35.2 Å². The van der Waals surface area contributed by atoms with Gasteiger partial charge in [0.25, 0.3) is 0 Å². The van der Waals surface area contributed by atoms with Crippen molar-refractivity contribution in [1.29, 1.82) is 0 Å². The maximum absolute atomic E-state index is 13.2. The normalized spacial score (nSPS) is 22.9. The van der Waals surface area contributed by atoms with Gasteiger partial charge in [-0.2, -0.15) is 26.3 Å². The third-order valence-corrected chi connectivity index (χ3v) is 5.69. The van der Waals surface area contributed by atoms with Gasteiger partial charge in [0, 0.05) is 11.1 Å². The molecule has 0 bridgehead atoms. The average Bonchev–Trinajstić information content (AvgIpc) is 2.96. The maximum Gasteiger partial charge on any atom is 0.416 e. The molecule has 1 saturated heterocycles. The zero-order valence-electron chi connectivity index (χ0n) is 15.1. The highest BCUT2D eigenvalue weighted by Crippen LogP contribution is 2.41. The zero-order valence-corrected chi connectivity index (χ0v) is 15.9. The first-order valence-electron chi connectivity index (χ1n) is 8.83.